The lowest BCUT2D eigenvalue weighted by Gasteiger charge is -2.28. The quantitative estimate of drug-likeness (QED) is 0.724. The van der Waals surface area contributed by atoms with Crippen LogP contribution in [0.3, 0.4) is 0 Å². The Kier molecular flexibility index (Phi) is 6.02. The van der Waals surface area contributed by atoms with Gasteiger partial charge < -0.3 is 5.43 Å². The standard InChI is InChI=1S/C18H26F3N3O2S/c1-13(14-5-6-14)12-22-27(25,26)17-8-7-15(11-16(17)18(19,20)21)23-24-9-3-2-4-10-24/h7-8,11,13-14,22-23H,2-6,9-10,12H2,1H3. The van der Waals surface area contributed by atoms with Crippen molar-refractivity contribution in [2.24, 2.45) is 11.8 Å². The van der Waals surface area contributed by atoms with Crippen molar-refractivity contribution in [1.29, 1.82) is 0 Å². The number of rotatable bonds is 7. The number of nitrogens with one attached hydrogen (secondary N) is 2. The molecule has 0 spiro atoms. The van der Waals surface area contributed by atoms with Gasteiger partial charge in [-0.25, -0.2) is 18.1 Å². The van der Waals surface area contributed by atoms with Crippen molar-refractivity contribution in [2.45, 2.75) is 50.1 Å². The van der Waals surface area contributed by atoms with Gasteiger partial charge >= 0.3 is 6.18 Å². The molecule has 1 aliphatic carbocycles. The van der Waals surface area contributed by atoms with Crippen molar-refractivity contribution in [3.05, 3.63) is 23.8 Å². The fourth-order valence-electron chi connectivity index (χ4n) is 3.39. The third-order valence-corrected chi connectivity index (χ3v) is 6.72. The molecule has 1 atom stereocenters. The minimum atomic E-state index is -4.76. The van der Waals surface area contributed by atoms with Crippen molar-refractivity contribution in [3.8, 4) is 0 Å². The predicted octanol–water partition coefficient (Wildman–Crippen LogP) is 3.84. The third kappa shape index (κ3) is 5.36. The van der Waals surface area contributed by atoms with Gasteiger partial charge in [0, 0.05) is 25.3 Å². The summed E-state index contributed by atoms with van der Waals surface area (Å²) in [5.74, 6) is 0.583. The molecular weight excluding hydrogens is 379 g/mol. The highest BCUT2D eigenvalue weighted by Crippen LogP contribution is 2.38. The molecule has 5 nitrogen and oxygen atoms in total. The van der Waals surface area contributed by atoms with E-state index in [1.165, 1.54) is 6.07 Å². The summed E-state index contributed by atoms with van der Waals surface area (Å²) < 4.78 is 68.0. The van der Waals surface area contributed by atoms with E-state index < -0.39 is 26.7 Å². The first-order valence-corrected chi connectivity index (χ1v) is 10.9. The van der Waals surface area contributed by atoms with Gasteiger partial charge in [0.05, 0.1) is 10.5 Å². The van der Waals surface area contributed by atoms with Crippen LogP contribution in [-0.2, 0) is 16.2 Å². The highest BCUT2D eigenvalue weighted by molar-refractivity contribution is 7.89. The van der Waals surface area contributed by atoms with Gasteiger partial charge in [-0.15, -0.1) is 0 Å². The summed E-state index contributed by atoms with van der Waals surface area (Å²) in [5.41, 5.74) is 2.07. The maximum atomic E-state index is 13.5. The SMILES string of the molecule is CC(CNS(=O)(=O)c1ccc(NN2CCCCC2)cc1C(F)(F)F)C1CC1. The zero-order chi connectivity index (χ0) is 19.7. The first-order chi connectivity index (χ1) is 12.7. The van der Waals surface area contributed by atoms with E-state index in [-0.39, 0.29) is 18.2 Å². The molecule has 27 heavy (non-hydrogen) atoms. The van der Waals surface area contributed by atoms with Gasteiger partial charge in [0.1, 0.15) is 0 Å². The van der Waals surface area contributed by atoms with Crippen LogP contribution in [0.4, 0.5) is 18.9 Å². The molecule has 2 aliphatic rings. The van der Waals surface area contributed by atoms with E-state index in [2.05, 4.69) is 10.1 Å². The molecule has 0 bridgehead atoms. The van der Waals surface area contributed by atoms with E-state index in [0.29, 0.717) is 5.92 Å². The third-order valence-electron chi connectivity index (χ3n) is 5.24. The van der Waals surface area contributed by atoms with Crippen LogP contribution in [-0.4, -0.2) is 33.1 Å². The number of alkyl halides is 3. The molecule has 2 fully saturated rings. The van der Waals surface area contributed by atoms with Crippen LogP contribution in [0.25, 0.3) is 0 Å². The first kappa shape index (κ1) is 20.4. The molecule has 2 N–H and O–H groups in total. The van der Waals surface area contributed by atoms with Crippen molar-refractivity contribution >= 4 is 15.7 Å². The molecule has 0 radical (unpaired) electrons. The fourth-order valence-corrected chi connectivity index (χ4v) is 4.74. The Balaban J connectivity index is 1.80. The van der Waals surface area contributed by atoms with Crippen LogP contribution in [0, 0.1) is 11.8 Å². The Morgan fingerprint density at radius 3 is 2.44 bits per heavy atom. The van der Waals surface area contributed by atoms with Crippen LogP contribution in [0.5, 0.6) is 0 Å². The minimum absolute atomic E-state index is 0.120. The number of halogens is 3. The lowest BCUT2D eigenvalue weighted by molar-refractivity contribution is -0.139. The van der Waals surface area contributed by atoms with E-state index >= 15 is 0 Å². The van der Waals surface area contributed by atoms with Gasteiger partial charge in [0.2, 0.25) is 10.0 Å². The molecule has 152 valence electrons. The number of piperidine rings is 1. The fraction of sp³-hybridized carbons (Fsp3) is 0.667. The summed E-state index contributed by atoms with van der Waals surface area (Å²) >= 11 is 0. The van der Waals surface area contributed by atoms with E-state index in [1.54, 1.807) is 0 Å². The van der Waals surface area contributed by atoms with E-state index in [9.17, 15) is 21.6 Å². The van der Waals surface area contributed by atoms with Gasteiger partial charge in [-0.1, -0.05) is 13.3 Å². The van der Waals surface area contributed by atoms with E-state index in [4.69, 9.17) is 0 Å². The summed E-state index contributed by atoms with van der Waals surface area (Å²) in [6, 6.07) is 3.31. The molecular formula is C18H26F3N3O2S. The lowest BCUT2D eigenvalue weighted by atomic mass is 10.1. The number of hydrazine groups is 1. The molecule has 1 saturated carbocycles. The Morgan fingerprint density at radius 1 is 1.19 bits per heavy atom. The van der Waals surface area contributed by atoms with Gasteiger partial charge in [-0.2, -0.15) is 13.2 Å². The second-order valence-corrected chi connectivity index (χ2v) is 9.27. The molecule has 1 heterocycles. The predicted molar refractivity (Wildman–Crippen MR) is 97.6 cm³/mol. The second-order valence-electron chi connectivity index (χ2n) is 7.53. The Bertz CT molecular complexity index is 758. The van der Waals surface area contributed by atoms with Crippen LogP contribution < -0.4 is 10.1 Å². The Hall–Kier alpha value is -1.32. The molecule has 1 aromatic carbocycles. The van der Waals surface area contributed by atoms with Crippen molar-refractivity contribution in [3.63, 3.8) is 0 Å². The molecule has 3 rings (SSSR count). The zero-order valence-electron chi connectivity index (χ0n) is 15.3. The molecule has 1 unspecified atom stereocenters. The second kappa shape index (κ2) is 7.97. The van der Waals surface area contributed by atoms with Crippen molar-refractivity contribution in [1.82, 2.24) is 9.73 Å². The molecule has 9 heteroatoms. The van der Waals surface area contributed by atoms with Gasteiger partial charge in [0.25, 0.3) is 0 Å². The van der Waals surface area contributed by atoms with Crippen LogP contribution >= 0.6 is 0 Å². The van der Waals surface area contributed by atoms with E-state index in [0.717, 1.165) is 57.3 Å². The topological polar surface area (TPSA) is 61.4 Å². The highest BCUT2D eigenvalue weighted by atomic mass is 32.2. The molecule has 1 aliphatic heterocycles. The summed E-state index contributed by atoms with van der Waals surface area (Å²) in [7, 11) is -4.24. The normalized spacial score (nSPS) is 20.4. The lowest BCUT2D eigenvalue weighted by Crippen LogP contribution is -2.35. The monoisotopic (exact) mass is 405 g/mol. The van der Waals surface area contributed by atoms with E-state index in [1.807, 2.05) is 11.9 Å². The minimum Gasteiger partial charge on any atom is -0.319 e. The maximum Gasteiger partial charge on any atom is 0.417 e. The molecule has 1 aromatic rings. The number of hydrogen-bond donors (Lipinski definition) is 2. The largest absolute Gasteiger partial charge is 0.417 e. The summed E-state index contributed by atoms with van der Waals surface area (Å²) in [4.78, 5) is -0.720. The van der Waals surface area contributed by atoms with Crippen LogP contribution in [0.1, 0.15) is 44.6 Å². The Labute approximate surface area is 158 Å². The average molecular weight is 405 g/mol. The molecule has 0 amide bonds. The summed E-state index contributed by atoms with van der Waals surface area (Å²) in [6.45, 7) is 3.57. The molecule has 1 saturated heterocycles. The first-order valence-electron chi connectivity index (χ1n) is 9.39. The molecule has 0 aromatic heterocycles. The number of benzene rings is 1. The smallest absolute Gasteiger partial charge is 0.319 e. The van der Waals surface area contributed by atoms with Crippen LogP contribution in [0.15, 0.2) is 23.1 Å². The number of hydrogen-bond acceptors (Lipinski definition) is 4. The van der Waals surface area contributed by atoms with Gasteiger partial charge in [-0.3, -0.25) is 0 Å². The van der Waals surface area contributed by atoms with Crippen molar-refractivity contribution < 1.29 is 21.6 Å². The average Bonchev–Trinajstić information content (AvgIpc) is 3.45. The van der Waals surface area contributed by atoms with Crippen molar-refractivity contribution in [2.75, 3.05) is 25.1 Å². The van der Waals surface area contributed by atoms with Gasteiger partial charge in [0.15, 0.2) is 0 Å². The Morgan fingerprint density at radius 2 is 1.85 bits per heavy atom. The summed E-state index contributed by atoms with van der Waals surface area (Å²) in [5, 5.41) is 1.86. The number of sulfonamides is 1. The number of anilines is 1. The van der Waals surface area contributed by atoms with Gasteiger partial charge in [-0.05, 0) is 55.7 Å². The maximum absolute atomic E-state index is 13.5. The number of nitrogens with zero attached hydrogens (tertiary/aromatic N) is 1. The zero-order valence-corrected chi connectivity index (χ0v) is 16.2. The summed E-state index contributed by atoms with van der Waals surface area (Å²) in [6.07, 6.45) is 0.407. The highest BCUT2D eigenvalue weighted by Gasteiger charge is 2.38. The van der Waals surface area contributed by atoms with Crippen LogP contribution in [0.2, 0.25) is 0 Å².